The maximum Gasteiger partial charge on any atom is 0.269 e. The number of carbonyl (C=O) groups is 1. The van der Waals surface area contributed by atoms with Gasteiger partial charge in [0.25, 0.3) is 5.91 Å². The van der Waals surface area contributed by atoms with Gasteiger partial charge in [-0.2, -0.15) is 0 Å². The summed E-state index contributed by atoms with van der Waals surface area (Å²) in [5.41, 5.74) is 9.28. The largest absolute Gasteiger partial charge is 0.370 e. The number of aromatic nitrogens is 2. The molecule has 0 radical (unpaired) electrons. The van der Waals surface area contributed by atoms with Crippen molar-refractivity contribution in [3.8, 4) is 0 Å². The molecule has 0 spiro atoms. The van der Waals surface area contributed by atoms with Crippen LogP contribution in [-0.4, -0.2) is 67.1 Å². The van der Waals surface area contributed by atoms with Gasteiger partial charge in [-0.1, -0.05) is 0 Å². The predicted molar refractivity (Wildman–Crippen MR) is 124 cm³/mol. The topological polar surface area (TPSA) is 123 Å². The zero-order valence-corrected chi connectivity index (χ0v) is 17.4. The normalized spacial score (nSPS) is 18.9. The molecule has 9 heteroatoms. The van der Waals surface area contributed by atoms with Crippen molar-refractivity contribution in [1.29, 1.82) is 0 Å². The quantitative estimate of drug-likeness (QED) is 0.378. The van der Waals surface area contributed by atoms with E-state index in [1.54, 1.807) is 6.20 Å². The first-order chi connectivity index (χ1) is 15.2. The van der Waals surface area contributed by atoms with Gasteiger partial charge in [-0.3, -0.25) is 9.79 Å². The molecule has 2 aliphatic rings. The number of amides is 1. The molecule has 1 atom stereocenters. The molecule has 0 aliphatic carbocycles. The highest BCUT2D eigenvalue weighted by molar-refractivity contribution is 6.10. The number of nitrogens with zero attached hydrogens (tertiary/aromatic N) is 3. The Bertz CT molecular complexity index is 1130. The van der Waals surface area contributed by atoms with Gasteiger partial charge >= 0.3 is 0 Å². The van der Waals surface area contributed by atoms with Gasteiger partial charge in [0.05, 0.1) is 18.3 Å². The standard InChI is InChI=1S/C22H28N8O/c23-22-27-12-14(28-22)2-1-5-25-21(31)19-11-17-16-10-15(30-8-6-24-7-9-30)3-4-18(16)29-20(17)13-26-19/h3-4,10-11,13-14,24,29H,1-2,5-9,12H2,(H,25,31)(H3,23,27,28). The van der Waals surface area contributed by atoms with Crippen LogP contribution in [0.4, 0.5) is 5.69 Å². The van der Waals surface area contributed by atoms with Gasteiger partial charge in [-0.05, 0) is 37.1 Å². The highest BCUT2D eigenvalue weighted by atomic mass is 16.1. The maximum absolute atomic E-state index is 12.7. The van der Waals surface area contributed by atoms with Gasteiger partial charge in [0.1, 0.15) is 5.69 Å². The predicted octanol–water partition coefficient (Wildman–Crippen LogP) is 0.922. The molecule has 6 N–H and O–H groups in total. The minimum atomic E-state index is -0.148. The van der Waals surface area contributed by atoms with E-state index in [0.29, 0.717) is 24.7 Å². The third kappa shape index (κ3) is 4.13. The van der Waals surface area contributed by atoms with Crippen LogP contribution < -0.4 is 26.6 Å². The number of hydrogen-bond acceptors (Lipinski definition) is 7. The zero-order valence-electron chi connectivity index (χ0n) is 17.4. The number of aliphatic imine (C=N–C) groups is 1. The van der Waals surface area contributed by atoms with Crippen molar-refractivity contribution in [2.24, 2.45) is 10.7 Å². The zero-order chi connectivity index (χ0) is 21.2. The van der Waals surface area contributed by atoms with E-state index in [9.17, 15) is 4.79 Å². The number of fused-ring (bicyclic) bond motifs is 3. The van der Waals surface area contributed by atoms with E-state index in [1.807, 2.05) is 6.07 Å². The van der Waals surface area contributed by atoms with Crippen molar-refractivity contribution < 1.29 is 4.79 Å². The Labute approximate surface area is 180 Å². The smallest absolute Gasteiger partial charge is 0.269 e. The van der Waals surface area contributed by atoms with Crippen molar-refractivity contribution in [3.05, 3.63) is 36.2 Å². The van der Waals surface area contributed by atoms with Gasteiger partial charge < -0.3 is 31.6 Å². The molecular weight excluding hydrogens is 392 g/mol. The summed E-state index contributed by atoms with van der Waals surface area (Å²) in [5, 5.41) is 11.6. The molecule has 0 bridgehead atoms. The molecule has 31 heavy (non-hydrogen) atoms. The van der Waals surface area contributed by atoms with Crippen LogP contribution in [0.1, 0.15) is 23.3 Å². The Morgan fingerprint density at radius 2 is 2.03 bits per heavy atom. The van der Waals surface area contributed by atoms with Crippen molar-refractivity contribution >= 4 is 39.4 Å². The molecule has 0 saturated carbocycles. The summed E-state index contributed by atoms with van der Waals surface area (Å²) in [5.74, 6) is 0.357. The van der Waals surface area contributed by atoms with E-state index in [-0.39, 0.29) is 11.9 Å². The first kappa shape index (κ1) is 19.6. The van der Waals surface area contributed by atoms with Gasteiger partial charge in [0.2, 0.25) is 0 Å². The van der Waals surface area contributed by atoms with E-state index in [1.165, 1.54) is 5.69 Å². The van der Waals surface area contributed by atoms with Crippen LogP contribution in [0, 0.1) is 0 Å². The molecule has 4 heterocycles. The van der Waals surface area contributed by atoms with E-state index in [2.05, 4.69) is 54.0 Å². The van der Waals surface area contributed by atoms with Crippen LogP contribution >= 0.6 is 0 Å². The van der Waals surface area contributed by atoms with Gasteiger partial charge in [0, 0.05) is 60.7 Å². The first-order valence-corrected chi connectivity index (χ1v) is 10.9. The second-order valence-corrected chi connectivity index (χ2v) is 8.17. The fourth-order valence-corrected chi connectivity index (χ4v) is 4.34. The molecule has 9 nitrogen and oxygen atoms in total. The minimum Gasteiger partial charge on any atom is -0.370 e. The number of piperazine rings is 1. The highest BCUT2D eigenvalue weighted by Crippen LogP contribution is 2.29. The van der Waals surface area contributed by atoms with Crippen LogP contribution in [0.2, 0.25) is 0 Å². The van der Waals surface area contributed by atoms with Crippen LogP contribution in [0.5, 0.6) is 0 Å². The van der Waals surface area contributed by atoms with Crippen LogP contribution in [-0.2, 0) is 0 Å². The number of guanidine groups is 1. The van der Waals surface area contributed by atoms with Gasteiger partial charge in [0.15, 0.2) is 5.96 Å². The number of nitrogens with one attached hydrogen (secondary N) is 4. The average molecular weight is 421 g/mol. The molecule has 162 valence electrons. The lowest BCUT2D eigenvalue weighted by atomic mass is 10.1. The summed E-state index contributed by atoms with van der Waals surface area (Å²) in [6.45, 7) is 5.29. The Morgan fingerprint density at radius 3 is 2.84 bits per heavy atom. The number of nitrogens with two attached hydrogens (primary N) is 1. The second kappa shape index (κ2) is 8.43. The average Bonchev–Trinajstić information content (AvgIpc) is 3.39. The van der Waals surface area contributed by atoms with Crippen molar-refractivity contribution in [1.82, 2.24) is 25.9 Å². The highest BCUT2D eigenvalue weighted by Gasteiger charge is 2.16. The number of hydrogen-bond donors (Lipinski definition) is 5. The fraction of sp³-hybridized carbons (Fsp3) is 0.409. The summed E-state index contributed by atoms with van der Waals surface area (Å²) < 4.78 is 0. The lowest BCUT2D eigenvalue weighted by molar-refractivity contribution is 0.0948. The van der Waals surface area contributed by atoms with E-state index in [0.717, 1.165) is 60.8 Å². The molecule has 1 unspecified atom stereocenters. The Morgan fingerprint density at radius 1 is 1.19 bits per heavy atom. The Hall–Kier alpha value is -3.33. The van der Waals surface area contributed by atoms with Gasteiger partial charge in [-0.25, -0.2) is 4.98 Å². The van der Waals surface area contributed by atoms with Crippen molar-refractivity contribution in [3.63, 3.8) is 0 Å². The number of pyridine rings is 1. The molecule has 1 aromatic carbocycles. The molecule has 2 aromatic heterocycles. The van der Waals surface area contributed by atoms with Crippen molar-refractivity contribution in [2.75, 3.05) is 44.2 Å². The molecule has 1 fully saturated rings. The molecule has 1 amide bonds. The fourth-order valence-electron chi connectivity index (χ4n) is 4.34. The van der Waals surface area contributed by atoms with Crippen LogP contribution in [0.15, 0.2) is 35.5 Å². The van der Waals surface area contributed by atoms with E-state index < -0.39 is 0 Å². The lowest BCUT2D eigenvalue weighted by Crippen LogP contribution is -2.43. The lowest BCUT2D eigenvalue weighted by Gasteiger charge is -2.29. The Kier molecular flexibility index (Phi) is 5.33. The summed E-state index contributed by atoms with van der Waals surface area (Å²) in [7, 11) is 0. The molecule has 5 rings (SSSR count). The molecule has 1 saturated heterocycles. The second-order valence-electron chi connectivity index (χ2n) is 8.17. The monoisotopic (exact) mass is 420 g/mol. The third-order valence-corrected chi connectivity index (χ3v) is 6.03. The number of aromatic amines is 1. The summed E-state index contributed by atoms with van der Waals surface area (Å²) >= 11 is 0. The molecule has 3 aromatic rings. The first-order valence-electron chi connectivity index (χ1n) is 10.9. The number of anilines is 1. The van der Waals surface area contributed by atoms with E-state index >= 15 is 0 Å². The van der Waals surface area contributed by atoms with Gasteiger partial charge in [-0.15, -0.1) is 0 Å². The summed E-state index contributed by atoms with van der Waals surface area (Å²) in [4.78, 5) is 27.0. The van der Waals surface area contributed by atoms with Crippen molar-refractivity contribution in [2.45, 2.75) is 18.9 Å². The minimum absolute atomic E-state index is 0.148. The van der Waals surface area contributed by atoms with E-state index in [4.69, 9.17) is 5.73 Å². The van der Waals surface area contributed by atoms with Crippen LogP contribution in [0.25, 0.3) is 21.8 Å². The number of H-pyrrole nitrogens is 1. The summed E-state index contributed by atoms with van der Waals surface area (Å²) in [6.07, 6.45) is 3.51. The number of benzene rings is 1. The molecule has 2 aliphatic heterocycles. The SMILES string of the molecule is NC1=NCC(CCCNC(=O)c2cc3c(cn2)[nH]c2ccc(N4CCNCC4)cc23)N1. The number of carbonyl (C=O) groups excluding carboxylic acids is 1. The maximum atomic E-state index is 12.7. The third-order valence-electron chi connectivity index (χ3n) is 6.03. The Balaban J connectivity index is 1.28. The molecular formula is C22H28N8O. The number of rotatable bonds is 6. The van der Waals surface area contributed by atoms with Crippen LogP contribution in [0.3, 0.4) is 0 Å². The summed E-state index contributed by atoms with van der Waals surface area (Å²) in [6, 6.07) is 8.63.